The summed E-state index contributed by atoms with van der Waals surface area (Å²) >= 11 is 0. The molecule has 14 nitrogen and oxygen atoms in total. The quantitative estimate of drug-likeness (QED) is 0.212. The average Bonchev–Trinajstić information content (AvgIpc) is 3.01. The molecule has 45 heavy (non-hydrogen) atoms. The number of ketones is 1. The summed E-state index contributed by atoms with van der Waals surface area (Å²) in [6.07, 6.45) is 8.72. The molecular weight excluding hydrogens is 584 g/mol. The largest absolute Gasteiger partial charge is 0.478 e. The molecule has 0 aromatic carbocycles. The number of Topliss-reactive ketones (excluding diaryl/α,β-unsaturated/α-hetero) is 1. The number of rotatable bonds is 12. The van der Waals surface area contributed by atoms with Crippen molar-refractivity contribution >= 4 is 41.1 Å². The maximum absolute atomic E-state index is 13.3. The number of hydrogen-bond acceptors (Lipinski definition) is 8. The molecule has 1 atom stereocenters. The number of aromatic carboxylic acids is 1. The number of carboxylic acid groups (broad SMARTS) is 1. The van der Waals surface area contributed by atoms with E-state index >= 15 is 0 Å². The Balaban J connectivity index is 1.26. The van der Waals surface area contributed by atoms with Gasteiger partial charge in [-0.3, -0.25) is 33.8 Å². The summed E-state index contributed by atoms with van der Waals surface area (Å²) < 4.78 is 1.19. The third kappa shape index (κ3) is 7.27. The lowest BCUT2D eigenvalue weighted by molar-refractivity contribution is -0.137. The second-order valence-electron chi connectivity index (χ2n) is 12.2. The first-order chi connectivity index (χ1) is 21.5. The van der Waals surface area contributed by atoms with Crippen molar-refractivity contribution in [2.75, 3.05) is 12.4 Å². The molecule has 5 N–H and O–H groups in total. The summed E-state index contributed by atoms with van der Waals surface area (Å²) in [6.45, 7) is -0.237. The van der Waals surface area contributed by atoms with Crippen LogP contribution in [0.1, 0.15) is 65.7 Å². The highest BCUT2D eigenvalue weighted by Gasteiger charge is 2.48. The first kappa shape index (κ1) is 31.5. The second kappa shape index (κ2) is 13.4. The molecule has 1 unspecified atom stereocenters. The van der Waals surface area contributed by atoms with E-state index in [-0.39, 0.29) is 41.7 Å². The minimum atomic E-state index is -1.40. The van der Waals surface area contributed by atoms with E-state index in [9.17, 15) is 38.7 Å². The maximum atomic E-state index is 13.3. The van der Waals surface area contributed by atoms with Gasteiger partial charge >= 0.3 is 5.97 Å². The third-order valence-corrected chi connectivity index (χ3v) is 9.16. The van der Waals surface area contributed by atoms with Gasteiger partial charge in [-0.05, 0) is 80.4 Å². The number of carboxylic acids is 1. The summed E-state index contributed by atoms with van der Waals surface area (Å²) in [7, 11) is 1.28. The van der Waals surface area contributed by atoms with Crippen LogP contribution in [0.2, 0.25) is 0 Å². The lowest BCUT2D eigenvalue weighted by Gasteiger charge is -2.54. The minimum absolute atomic E-state index is 0.108. The van der Waals surface area contributed by atoms with Gasteiger partial charge in [0.25, 0.3) is 17.4 Å². The first-order valence-electron chi connectivity index (χ1n) is 15.1. The topological polar surface area (TPSA) is 206 Å². The number of anilines is 1. The minimum Gasteiger partial charge on any atom is -0.478 e. The summed E-state index contributed by atoms with van der Waals surface area (Å²) in [4.78, 5) is 91.4. The third-order valence-electron chi connectivity index (χ3n) is 9.16. The lowest BCUT2D eigenvalue weighted by atomic mass is 9.54. The van der Waals surface area contributed by atoms with Crippen LogP contribution in [0, 0.1) is 23.7 Å². The van der Waals surface area contributed by atoms with Crippen molar-refractivity contribution in [3.63, 3.8) is 0 Å². The predicted octanol–water partition coefficient (Wildman–Crippen LogP) is 0.715. The van der Waals surface area contributed by atoms with Crippen LogP contribution in [0.4, 0.5) is 5.69 Å². The van der Waals surface area contributed by atoms with Crippen molar-refractivity contribution in [1.82, 2.24) is 25.5 Å². The van der Waals surface area contributed by atoms with Crippen LogP contribution in [-0.2, 0) is 25.7 Å². The highest BCUT2D eigenvalue weighted by Crippen LogP contribution is 2.53. The van der Waals surface area contributed by atoms with E-state index < -0.39 is 47.5 Å². The van der Waals surface area contributed by atoms with Gasteiger partial charge in [-0.15, -0.1) is 0 Å². The molecule has 238 valence electrons. The Morgan fingerprint density at radius 1 is 1.00 bits per heavy atom. The van der Waals surface area contributed by atoms with Crippen LogP contribution < -0.4 is 26.8 Å². The van der Waals surface area contributed by atoms with Gasteiger partial charge in [-0.1, -0.05) is 0 Å². The number of carbonyl (C=O) groups is 6. The Morgan fingerprint density at radius 2 is 1.67 bits per heavy atom. The highest BCUT2D eigenvalue weighted by atomic mass is 16.4. The Bertz CT molecular complexity index is 1560. The summed E-state index contributed by atoms with van der Waals surface area (Å²) in [5.41, 5.74) is -1.21. The normalized spacial score (nSPS) is 23.4. The van der Waals surface area contributed by atoms with Crippen molar-refractivity contribution in [1.29, 1.82) is 0 Å². The van der Waals surface area contributed by atoms with Gasteiger partial charge in [0.05, 0.1) is 11.1 Å². The number of nitrogens with zero attached hydrogens (tertiary/aromatic N) is 2. The van der Waals surface area contributed by atoms with Gasteiger partial charge in [0.2, 0.25) is 17.6 Å². The van der Waals surface area contributed by atoms with Gasteiger partial charge in [-0.25, -0.2) is 4.79 Å². The van der Waals surface area contributed by atoms with Gasteiger partial charge < -0.3 is 30.9 Å². The standard InChI is InChI=1S/C31H36N6O8/c1-32-29(42)24(38)5-4-22(34-27(40)20-12-21(31(44)45)14-33-13-20)28(41)35-23-3-2-6-37(30(23)43)15-25(39)36-26-18-8-16-7-17(10-18)11-19(26)9-16/h2-3,6,12-14,16-19,22,26H,4-5,7-11,15H2,1H3,(H,32,42)(H,34,40)(H,35,41)(H,36,39)(H,44,45). The zero-order valence-electron chi connectivity index (χ0n) is 24.8. The second-order valence-corrected chi connectivity index (χ2v) is 12.2. The molecule has 2 heterocycles. The molecule has 2 aromatic rings. The predicted molar refractivity (Wildman–Crippen MR) is 159 cm³/mol. The van der Waals surface area contributed by atoms with E-state index in [1.54, 1.807) is 0 Å². The number of carbonyl (C=O) groups excluding carboxylic acids is 5. The van der Waals surface area contributed by atoms with Gasteiger partial charge in [0, 0.05) is 38.1 Å². The number of amides is 4. The van der Waals surface area contributed by atoms with Crippen molar-refractivity contribution in [2.24, 2.45) is 23.7 Å². The SMILES string of the molecule is CNC(=O)C(=O)CCC(NC(=O)c1cncc(C(=O)O)c1)C(=O)Nc1cccn(CC(=O)NC2C3CC4CC(C3)CC2C4)c1=O. The maximum Gasteiger partial charge on any atom is 0.337 e. The molecule has 4 bridgehead atoms. The zero-order chi connectivity index (χ0) is 32.2. The summed E-state index contributed by atoms with van der Waals surface area (Å²) in [5, 5.41) is 19.5. The van der Waals surface area contributed by atoms with Crippen LogP contribution in [0.3, 0.4) is 0 Å². The molecule has 4 aliphatic rings. The van der Waals surface area contributed by atoms with E-state index in [4.69, 9.17) is 0 Å². The number of aromatic nitrogens is 2. The van der Waals surface area contributed by atoms with E-state index in [0.717, 1.165) is 56.0 Å². The van der Waals surface area contributed by atoms with E-state index in [2.05, 4.69) is 26.3 Å². The summed E-state index contributed by atoms with van der Waals surface area (Å²) in [5.74, 6) is -2.56. The smallest absolute Gasteiger partial charge is 0.337 e. The van der Waals surface area contributed by atoms with Crippen molar-refractivity contribution < 1.29 is 33.9 Å². The molecule has 4 fully saturated rings. The van der Waals surface area contributed by atoms with E-state index in [0.29, 0.717) is 11.8 Å². The monoisotopic (exact) mass is 620 g/mol. The van der Waals surface area contributed by atoms with E-state index in [1.165, 1.54) is 36.4 Å². The molecule has 0 aliphatic heterocycles. The van der Waals surface area contributed by atoms with Crippen molar-refractivity contribution in [2.45, 2.75) is 63.6 Å². The molecule has 4 aliphatic carbocycles. The molecule has 14 heteroatoms. The van der Waals surface area contributed by atoms with Crippen LogP contribution in [0.15, 0.2) is 41.6 Å². The van der Waals surface area contributed by atoms with Crippen molar-refractivity contribution in [3.05, 3.63) is 58.3 Å². The highest BCUT2D eigenvalue weighted by molar-refractivity contribution is 6.36. The van der Waals surface area contributed by atoms with Crippen LogP contribution in [-0.4, -0.2) is 69.2 Å². The van der Waals surface area contributed by atoms with Crippen LogP contribution in [0.5, 0.6) is 0 Å². The molecule has 6 rings (SSSR count). The molecular formula is C31H36N6O8. The number of likely N-dealkylation sites (N-methyl/N-ethyl adjacent to an activating group) is 1. The van der Waals surface area contributed by atoms with Gasteiger partial charge in [0.15, 0.2) is 0 Å². The van der Waals surface area contributed by atoms with Gasteiger partial charge in [0.1, 0.15) is 18.3 Å². The molecule has 2 aromatic heterocycles. The fourth-order valence-electron chi connectivity index (χ4n) is 7.24. The van der Waals surface area contributed by atoms with E-state index in [1.807, 2.05) is 0 Å². The Hall–Kier alpha value is -4.88. The van der Waals surface area contributed by atoms with Crippen LogP contribution >= 0.6 is 0 Å². The molecule has 0 spiro atoms. The molecule has 0 saturated heterocycles. The lowest BCUT2D eigenvalue weighted by Crippen LogP contribution is -2.56. The Kier molecular flexibility index (Phi) is 9.40. The first-order valence-corrected chi connectivity index (χ1v) is 15.1. The summed E-state index contributed by atoms with van der Waals surface area (Å²) in [6, 6.07) is 2.63. The fourth-order valence-corrected chi connectivity index (χ4v) is 7.24. The molecule has 0 radical (unpaired) electrons. The fraction of sp³-hybridized carbons (Fsp3) is 0.484. The average molecular weight is 621 g/mol. The Labute approximate surface area is 258 Å². The van der Waals surface area contributed by atoms with Gasteiger partial charge in [-0.2, -0.15) is 0 Å². The molecule has 4 amide bonds. The molecule has 4 saturated carbocycles. The van der Waals surface area contributed by atoms with Crippen molar-refractivity contribution in [3.8, 4) is 0 Å². The zero-order valence-corrected chi connectivity index (χ0v) is 24.8. The Morgan fingerprint density at radius 3 is 2.31 bits per heavy atom. The number of pyridine rings is 2. The van der Waals surface area contributed by atoms with Crippen LogP contribution in [0.25, 0.3) is 0 Å². The number of hydrogen-bond donors (Lipinski definition) is 5. The number of nitrogens with one attached hydrogen (secondary N) is 4.